The molecule has 0 aliphatic carbocycles. The van der Waals surface area contributed by atoms with Gasteiger partial charge in [0, 0.05) is 32.4 Å². The predicted molar refractivity (Wildman–Crippen MR) is 109 cm³/mol. The molecule has 0 spiro atoms. The summed E-state index contributed by atoms with van der Waals surface area (Å²) < 4.78 is 26.1. The van der Waals surface area contributed by atoms with Crippen LogP contribution < -0.4 is 5.32 Å². The summed E-state index contributed by atoms with van der Waals surface area (Å²) in [6.45, 7) is 4.43. The molecule has 2 aromatic carbocycles. The van der Waals surface area contributed by atoms with E-state index in [9.17, 15) is 5.11 Å². The van der Waals surface area contributed by atoms with Crippen molar-refractivity contribution >= 4 is 0 Å². The lowest BCUT2D eigenvalue weighted by atomic mass is 9.79. The van der Waals surface area contributed by atoms with Crippen LogP contribution in [0.25, 0.3) is 11.1 Å². The monoisotopic (exact) mass is 387 g/mol. The number of hydrogen-bond acceptors (Lipinski definition) is 4. The molecule has 4 nitrogen and oxygen atoms in total. The first-order chi connectivity index (χ1) is 13.6. The number of rotatable bonds is 8. The zero-order valence-corrected chi connectivity index (χ0v) is 16.7. The van der Waals surface area contributed by atoms with Gasteiger partial charge in [0.2, 0.25) is 0 Å². The summed E-state index contributed by atoms with van der Waals surface area (Å²) >= 11 is 0. The molecular weight excluding hydrogens is 357 g/mol. The Balaban J connectivity index is 2.05. The summed E-state index contributed by atoms with van der Waals surface area (Å²) in [5.74, 6) is -0.331. The van der Waals surface area contributed by atoms with Gasteiger partial charge in [-0.2, -0.15) is 0 Å². The lowest BCUT2D eigenvalue weighted by molar-refractivity contribution is -0.129. The number of hydrogen-bond donors (Lipinski definition) is 2. The van der Waals surface area contributed by atoms with Crippen molar-refractivity contribution in [2.45, 2.75) is 37.9 Å². The second kappa shape index (κ2) is 9.61. The van der Waals surface area contributed by atoms with E-state index in [0.717, 1.165) is 30.5 Å². The Morgan fingerprint density at radius 3 is 2.79 bits per heavy atom. The third kappa shape index (κ3) is 4.61. The first-order valence-electron chi connectivity index (χ1n) is 9.96. The topological polar surface area (TPSA) is 50.7 Å². The zero-order chi connectivity index (χ0) is 20.0. The average Bonchev–Trinajstić information content (AvgIpc) is 2.71. The minimum absolute atomic E-state index is 0.331. The summed E-state index contributed by atoms with van der Waals surface area (Å²) in [5.41, 5.74) is 1.57. The molecule has 28 heavy (non-hydrogen) atoms. The summed E-state index contributed by atoms with van der Waals surface area (Å²) in [7, 11) is 1.67. The van der Waals surface area contributed by atoms with Crippen molar-refractivity contribution < 1.29 is 19.0 Å². The van der Waals surface area contributed by atoms with Gasteiger partial charge in [-0.3, -0.25) is 0 Å². The van der Waals surface area contributed by atoms with Crippen LogP contribution in [0.1, 0.15) is 30.4 Å². The van der Waals surface area contributed by atoms with Crippen molar-refractivity contribution in [3.63, 3.8) is 0 Å². The van der Waals surface area contributed by atoms with Gasteiger partial charge in [0.1, 0.15) is 17.5 Å². The highest BCUT2D eigenvalue weighted by Gasteiger charge is 2.42. The maximum absolute atomic E-state index is 15.0. The lowest BCUT2D eigenvalue weighted by Crippen LogP contribution is -2.51. The molecule has 0 radical (unpaired) electrons. The Hall–Kier alpha value is -1.79. The standard InChI is InChI=1S/C23H30FNO3/c1-17-7-5-8-18(15-17)22-19(9-6-10-20(22)24)23(26,11-3-4-13-27-2)21-16-25-12-14-28-21/h5-10,15,21,25-26H,3-4,11-14,16H2,1-2H3. The van der Waals surface area contributed by atoms with E-state index in [2.05, 4.69) is 5.32 Å². The van der Waals surface area contributed by atoms with E-state index in [-0.39, 0.29) is 5.82 Å². The Labute approximate surface area is 166 Å². The molecule has 0 aromatic heterocycles. The van der Waals surface area contributed by atoms with E-state index in [0.29, 0.717) is 37.3 Å². The Bertz CT molecular complexity index is 776. The Morgan fingerprint density at radius 1 is 1.25 bits per heavy atom. The number of halogens is 1. The second-order valence-corrected chi connectivity index (χ2v) is 7.47. The summed E-state index contributed by atoms with van der Waals surface area (Å²) in [4.78, 5) is 0. The van der Waals surface area contributed by atoms with E-state index in [1.54, 1.807) is 13.2 Å². The summed E-state index contributed by atoms with van der Waals surface area (Å²) in [6, 6.07) is 12.7. The third-order valence-electron chi connectivity index (χ3n) is 5.40. The van der Waals surface area contributed by atoms with Crippen LogP contribution in [0.5, 0.6) is 0 Å². The van der Waals surface area contributed by atoms with E-state index in [1.165, 1.54) is 6.07 Å². The number of nitrogens with one attached hydrogen (secondary N) is 1. The maximum Gasteiger partial charge on any atom is 0.131 e. The van der Waals surface area contributed by atoms with Gasteiger partial charge >= 0.3 is 0 Å². The molecule has 2 N–H and O–H groups in total. The van der Waals surface area contributed by atoms with Crippen molar-refractivity contribution in [2.24, 2.45) is 0 Å². The second-order valence-electron chi connectivity index (χ2n) is 7.47. The molecule has 2 aromatic rings. The highest BCUT2D eigenvalue weighted by Crippen LogP contribution is 2.40. The van der Waals surface area contributed by atoms with Gasteiger partial charge in [0.05, 0.1) is 6.61 Å². The minimum Gasteiger partial charge on any atom is -0.385 e. The first kappa shape index (κ1) is 20.9. The molecule has 1 aliphatic rings. The molecule has 152 valence electrons. The first-order valence-corrected chi connectivity index (χ1v) is 9.96. The molecule has 3 rings (SSSR count). The zero-order valence-electron chi connectivity index (χ0n) is 16.7. The molecule has 0 saturated carbocycles. The number of ether oxygens (including phenoxy) is 2. The largest absolute Gasteiger partial charge is 0.385 e. The fourth-order valence-corrected chi connectivity index (χ4v) is 3.96. The molecule has 0 bridgehead atoms. The SMILES string of the molecule is COCCCCC(O)(c1cccc(F)c1-c1cccc(C)c1)C1CNCCO1. The number of benzene rings is 2. The molecule has 5 heteroatoms. The van der Waals surface area contributed by atoms with Crippen LogP contribution >= 0.6 is 0 Å². The van der Waals surface area contributed by atoms with Crippen LogP contribution in [-0.2, 0) is 15.1 Å². The van der Waals surface area contributed by atoms with Gasteiger partial charge in [-0.15, -0.1) is 0 Å². The summed E-state index contributed by atoms with van der Waals surface area (Å²) in [5, 5.41) is 15.2. The average molecular weight is 387 g/mol. The van der Waals surface area contributed by atoms with Gasteiger partial charge in [0.25, 0.3) is 0 Å². The molecule has 1 aliphatic heterocycles. The molecule has 0 amide bonds. The quantitative estimate of drug-likeness (QED) is 0.677. The highest BCUT2D eigenvalue weighted by molar-refractivity contribution is 5.70. The van der Waals surface area contributed by atoms with Crippen molar-refractivity contribution in [1.82, 2.24) is 5.32 Å². The van der Waals surface area contributed by atoms with Gasteiger partial charge in [-0.05, 0) is 43.4 Å². The maximum atomic E-state index is 15.0. The molecule has 1 heterocycles. The molecular formula is C23H30FNO3. The van der Waals surface area contributed by atoms with Crippen LogP contribution in [0, 0.1) is 12.7 Å². The predicted octanol–water partition coefficient (Wildman–Crippen LogP) is 3.79. The van der Waals surface area contributed by atoms with Gasteiger partial charge in [-0.1, -0.05) is 42.0 Å². The van der Waals surface area contributed by atoms with Crippen LogP contribution in [0.15, 0.2) is 42.5 Å². The van der Waals surface area contributed by atoms with Crippen LogP contribution in [-0.4, -0.2) is 44.6 Å². The normalized spacial score (nSPS) is 19.4. The fourth-order valence-electron chi connectivity index (χ4n) is 3.96. The number of aryl methyl sites for hydroxylation is 1. The Kier molecular flexibility index (Phi) is 7.18. The minimum atomic E-state index is -1.29. The molecule has 1 fully saturated rings. The van der Waals surface area contributed by atoms with E-state index in [1.807, 2.05) is 37.3 Å². The van der Waals surface area contributed by atoms with E-state index in [4.69, 9.17) is 9.47 Å². The van der Waals surface area contributed by atoms with Crippen LogP contribution in [0.2, 0.25) is 0 Å². The molecule has 2 atom stereocenters. The van der Waals surface area contributed by atoms with Gasteiger partial charge in [0.15, 0.2) is 0 Å². The fraction of sp³-hybridized carbons (Fsp3) is 0.478. The number of morpholine rings is 1. The van der Waals surface area contributed by atoms with Crippen molar-refractivity contribution in [3.05, 3.63) is 59.4 Å². The Morgan fingerprint density at radius 2 is 2.07 bits per heavy atom. The number of unbranched alkanes of at least 4 members (excludes halogenated alkanes) is 1. The molecule has 2 unspecified atom stereocenters. The third-order valence-corrected chi connectivity index (χ3v) is 5.40. The highest BCUT2D eigenvalue weighted by atomic mass is 19.1. The number of aliphatic hydroxyl groups is 1. The number of methoxy groups -OCH3 is 1. The van der Waals surface area contributed by atoms with Crippen molar-refractivity contribution in [1.29, 1.82) is 0 Å². The van der Waals surface area contributed by atoms with Gasteiger partial charge < -0.3 is 19.9 Å². The summed E-state index contributed by atoms with van der Waals surface area (Å²) in [6.07, 6.45) is 1.63. The molecule has 1 saturated heterocycles. The van der Waals surface area contributed by atoms with Crippen molar-refractivity contribution in [2.75, 3.05) is 33.4 Å². The van der Waals surface area contributed by atoms with Crippen LogP contribution in [0.4, 0.5) is 4.39 Å². The van der Waals surface area contributed by atoms with E-state index >= 15 is 4.39 Å². The smallest absolute Gasteiger partial charge is 0.131 e. The van der Waals surface area contributed by atoms with Gasteiger partial charge in [-0.25, -0.2) is 4.39 Å². The van der Waals surface area contributed by atoms with Crippen molar-refractivity contribution in [3.8, 4) is 11.1 Å². The van der Waals surface area contributed by atoms with Crippen LogP contribution in [0.3, 0.4) is 0 Å². The van der Waals surface area contributed by atoms with E-state index < -0.39 is 11.7 Å². The lowest BCUT2D eigenvalue weighted by Gasteiger charge is -2.40.